The van der Waals surface area contributed by atoms with E-state index in [1.54, 1.807) is 6.20 Å². The Labute approximate surface area is 72.8 Å². The molecule has 12 heavy (non-hydrogen) atoms. The Balaban J connectivity index is 3.52. The fraction of sp³-hybridized carbons (Fsp3) is 0.182. The highest BCUT2D eigenvalue weighted by Crippen LogP contribution is 1.86. The minimum atomic E-state index is 1.12. The molecule has 1 nitrogen and oxygen atoms in total. The van der Waals surface area contributed by atoms with Crippen LogP contribution in [0.1, 0.15) is 12.5 Å². The highest BCUT2D eigenvalue weighted by atomic mass is 14.6. The Morgan fingerprint density at radius 3 is 2.67 bits per heavy atom. The lowest BCUT2D eigenvalue weighted by molar-refractivity contribution is 1.39. The quantitative estimate of drug-likeness (QED) is 0.547. The van der Waals surface area contributed by atoms with Gasteiger partial charge in [0.2, 0.25) is 0 Å². The van der Waals surface area contributed by atoms with Gasteiger partial charge in [-0.05, 0) is 31.0 Å². The maximum atomic E-state index is 3.75. The fourth-order valence-corrected chi connectivity index (χ4v) is 1.16. The SMILES string of the molecule is C=N/C=c1/ccc(C)c/c1=C/C. The third-order valence-corrected chi connectivity index (χ3v) is 1.78. The molecule has 62 valence electrons. The second-order valence-corrected chi connectivity index (χ2v) is 2.73. The van der Waals surface area contributed by atoms with Crippen molar-refractivity contribution in [3.63, 3.8) is 0 Å². The van der Waals surface area contributed by atoms with Crippen molar-refractivity contribution in [1.29, 1.82) is 0 Å². The van der Waals surface area contributed by atoms with E-state index in [1.807, 2.05) is 6.92 Å². The van der Waals surface area contributed by atoms with Crippen molar-refractivity contribution in [2.45, 2.75) is 13.8 Å². The standard InChI is InChI=1S/C11H13N/c1-4-10-7-9(2)5-6-11(10)8-12-3/h4-8H,3H2,1-2H3/b10-4-,11-8-. The van der Waals surface area contributed by atoms with E-state index in [2.05, 4.69) is 42.9 Å². The summed E-state index contributed by atoms with van der Waals surface area (Å²) in [7, 11) is 0. The summed E-state index contributed by atoms with van der Waals surface area (Å²) in [5.74, 6) is 0. The van der Waals surface area contributed by atoms with Crippen molar-refractivity contribution in [3.8, 4) is 0 Å². The molecule has 0 amide bonds. The van der Waals surface area contributed by atoms with Crippen molar-refractivity contribution in [2.75, 3.05) is 0 Å². The first-order valence-corrected chi connectivity index (χ1v) is 3.97. The van der Waals surface area contributed by atoms with Gasteiger partial charge in [0, 0.05) is 6.20 Å². The molecule has 0 aliphatic heterocycles. The molecule has 0 N–H and O–H groups in total. The molecule has 0 heterocycles. The Kier molecular flexibility index (Phi) is 2.81. The van der Waals surface area contributed by atoms with Gasteiger partial charge in [0.1, 0.15) is 0 Å². The van der Waals surface area contributed by atoms with Gasteiger partial charge in [0.05, 0.1) is 0 Å². The Morgan fingerprint density at radius 1 is 1.33 bits per heavy atom. The molecule has 0 spiro atoms. The van der Waals surface area contributed by atoms with Crippen LogP contribution in [0, 0.1) is 6.92 Å². The van der Waals surface area contributed by atoms with E-state index in [0.29, 0.717) is 0 Å². The molecule has 1 heteroatoms. The summed E-state index contributed by atoms with van der Waals surface area (Å²) in [5.41, 5.74) is 1.27. The minimum Gasteiger partial charge on any atom is -0.272 e. The predicted octanol–water partition coefficient (Wildman–Crippen LogP) is 1.23. The fourth-order valence-electron chi connectivity index (χ4n) is 1.16. The Bertz CT molecular complexity index is 388. The zero-order valence-electron chi connectivity index (χ0n) is 7.54. The summed E-state index contributed by atoms with van der Waals surface area (Å²) >= 11 is 0. The average molecular weight is 159 g/mol. The van der Waals surface area contributed by atoms with Crippen molar-refractivity contribution < 1.29 is 0 Å². The third-order valence-electron chi connectivity index (χ3n) is 1.78. The van der Waals surface area contributed by atoms with E-state index in [4.69, 9.17) is 0 Å². The first kappa shape index (κ1) is 8.72. The maximum Gasteiger partial charge on any atom is 0.0338 e. The lowest BCUT2D eigenvalue weighted by Crippen LogP contribution is -2.23. The lowest BCUT2D eigenvalue weighted by Gasteiger charge is -1.91. The van der Waals surface area contributed by atoms with Crippen LogP contribution in [0.4, 0.5) is 0 Å². The van der Waals surface area contributed by atoms with Crippen LogP contribution in [0.25, 0.3) is 12.3 Å². The zero-order valence-corrected chi connectivity index (χ0v) is 7.54. The van der Waals surface area contributed by atoms with Gasteiger partial charge in [0.15, 0.2) is 0 Å². The van der Waals surface area contributed by atoms with Crippen LogP contribution < -0.4 is 10.4 Å². The molecular formula is C11H13N. The van der Waals surface area contributed by atoms with Crippen LogP contribution in [-0.4, -0.2) is 6.72 Å². The van der Waals surface area contributed by atoms with Crippen LogP contribution in [0.3, 0.4) is 0 Å². The first-order valence-electron chi connectivity index (χ1n) is 3.97. The largest absolute Gasteiger partial charge is 0.272 e. The number of nitrogens with zero attached hydrogens (tertiary/aromatic N) is 1. The van der Waals surface area contributed by atoms with Gasteiger partial charge >= 0.3 is 0 Å². The van der Waals surface area contributed by atoms with Crippen LogP contribution in [0.15, 0.2) is 23.2 Å². The molecule has 1 aromatic rings. The van der Waals surface area contributed by atoms with Crippen LogP contribution in [0.2, 0.25) is 0 Å². The normalized spacial score (nSPS) is 13.5. The second kappa shape index (κ2) is 3.86. The molecule has 1 rings (SSSR count). The van der Waals surface area contributed by atoms with Crippen molar-refractivity contribution >= 4 is 19.0 Å². The van der Waals surface area contributed by atoms with E-state index in [-0.39, 0.29) is 0 Å². The van der Waals surface area contributed by atoms with E-state index >= 15 is 0 Å². The van der Waals surface area contributed by atoms with E-state index in [1.165, 1.54) is 10.8 Å². The summed E-state index contributed by atoms with van der Waals surface area (Å²) in [6.07, 6.45) is 3.85. The Hall–Kier alpha value is -1.37. The van der Waals surface area contributed by atoms with E-state index < -0.39 is 0 Å². The lowest BCUT2D eigenvalue weighted by atomic mass is 10.2. The van der Waals surface area contributed by atoms with Gasteiger partial charge in [-0.2, -0.15) is 0 Å². The molecule has 0 saturated heterocycles. The molecule has 0 aliphatic carbocycles. The summed E-state index contributed by atoms with van der Waals surface area (Å²) in [5, 5.41) is 2.33. The van der Waals surface area contributed by atoms with Gasteiger partial charge in [-0.1, -0.05) is 29.8 Å². The smallest absolute Gasteiger partial charge is 0.0338 e. The van der Waals surface area contributed by atoms with Crippen molar-refractivity contribution in [2.24, 2.45) is 4.99 Å². The summed E-state index contributed by atoms with van der Waals surface area (Å²) in [6.45, 7) is 7.54. The van der Waals surface area contributed by atoms with Gasteiger partial charge in [-0.15, -0.1) is 0 Å². The monoisotopic (exact) mass is 159 g/mol. The molecule has 0 aliphatic rings. The van der Waals surface area contributed by atoms with Gasteiger partial charge < -0.3 is 0 Å². The highest BCUT2D eigenvalue weighted by Gasteiger charge is 1.84. The van der Waals surface area contributed by atoms with Gasteiger partial charge in [-0.25, -0.2) is 0 Å². The summed E-state index contributed by atoms with van der Waals surface area (Å²) < 4.78 is 0. The zero-order chi connectivity index (χ0) is 8.97. The molecule has 1 aromatic carbocycles. The Morgan fingerprint density at radius 2 is 2.08 bits per heavy atom. The molecule has 0 bridgehead atoms. The molecule has 0 fully saturated rings. The first-order chi connectivity index (χ1) is 5.77. The number of aryl methyl sites for hydroxylation is 1. The third kappa shape index (κ3) is 1.82. The van der Waals surface area contributed by atoms with Crippen molar-refractivity contribution in [3.05, 3.63) is 34.2 Å². The predicted molar refractivity (Wildman–Crippen MR) is 54.6 cm³/mol. The molecule has 0 unspecified atom stereocenters. The molecule has 0 saturated carbocycles. The van der Waals surface area contributed by atoms with Gasteiger partial charge in [-0.3, -0.25) is 4.99 Å². The number of benzene rings is 1. The topological polar surface area (TPSA) is 12.4 Å². The average Bonchev–Trinajstić information content (AvgIpc) is 2.08. The van der Waals surface area contributed by atoms with Crippen LogP contribution >= 0.6 is 0 Å². The van der Waals surface area contributed by atoms with E-state index in [9.17, 15) is 0 Å². The van der Waals surface area contributed by atoms with Crippen molar-refractivity contribution in [1.82, 2.24) is 0 Å². The van der Waals surface area contributed by atoms with Gasteiger partial charge in [0.25, 0.3) is 0 Å². The summed E-state index contributed by atoms with van der Waals surface area (Å²) in [6, 6.07) is 6.26. The minimum absolute atomic E-state index is 1.12. The number of aliphatic imine (C=N–C) groups is 1. The molecule has 0 atom stereocenters. The highest BCUT2D eigenvalue weighted by molar-refractivity contribution is 5.38. The summed E-state index contributed by atoms with van der Waals surface area (Å²) in [4.78, 5) is 3.75. The number of hydrogen-bond acceptors (Lipinski definition) is 1. The second-order valence-electron chi connectivity index (χ2n) is 2.73. The molecule has 0 radical (unpaired) electrons. The maximum absolute atomic E-state index is 3.75. The number of hydrogen-bond donors (Lipinski definition) is 0. The number of rotatable bonds is 1. The van der Waals surface area contributed by atoms with Crippen LogP contribution in [0.5, 0.6) is 0 Å². The van der Waals surface area contributed by atoms with Crippen LogP contribution in [-0.2, 0) is 0 Å². The van der Waals surface area contributed by atoms with E-state index in [0.717, 1.165) is 5.22 Å². The molecule has 0 aromatic heterocycles. The molecular weight excluding hydrogens is 146 g/mol.